The lowest BCUT2D eigenvalue weighted by Crippen LogP contribution is -2.37. The third kappa shape index (κ3) is 5.64. The molecule has 2 N–H and O–H groups in total. The normalized spacial score (nSPS) is 10.3. The Kier molecular flexibility index (Phi) is 6.94. The number of esters is 1. The molecule has 1 heterocycles. The predicted molar refractivity (Wildman–Crippen MR) is 118 cm³/mol. The third-order valence-corrected chi connectivity index (χ3v) is 5.22. The van der Waals surface area contributed by atoms with Crippen LogP contribution in [0, 0.1) is 13.8 Å². The smallest absolute Gasteiger partial charge is 0.339 e. The average Bonchev–Trinajstić information content (AvgIpc) is 3.28. The minimum absolute atomic E-state index is 0.0495. The van der Waals surface area contributed by atoms with Gasteiger partial charge in [-0.15, -0.1) is 11.3 Å². The largest absolute Gasteiger partial charge is 0.452 e. The lowest BCUT2D eigenvalue weighted by Gasteiger charge is -2.11. The molecule has 7 nitrogen and oxygen atoms in total. The number of carbonyl (C=O) groups excluding carboxylic acids is 4. The number of carbonyl (C=O) groups is 4. The van der Waals surface area contributed by atoms with Gasteiger partial charge in [-0.2, -0.15) is 0 Å². The standard InChI is InChI=1S/C23H20N2O5S/c1-14-9-10-18(15(2)12-14)24-23(29)25-20(26)13-30-22(28)17-7-4-3-6-16(17)21(27)19-8-5-11-31-19/h3-12H,13H2,1-2H3,(H2,24,25,26,29). The van der Waals surface area contributed by atoms with Crippen LogP contribution in [-0.4, -0.2) is 30.3 Å². The maximum absolute atomic E-state index is 12.6. The fourth-order valence-electron chi connectivity index (χ4n) is 2.88. The van der Waals surface area contributed by atoms with Crippen LogP contribution < -0.4 is 10.6 Å². The Morgan fingerprint density at radius 3 is 2.35 bits per heavy atom. The zero-order valence-corrected chi connectivity index (χ0v) is 17.7. The molecule has 0 saturated carbocycles. The minimum atomic E-state index is -0.828. The quantitative estimate of drug-likeness (QED) is 0.447. The molecule has 0 aliphatic heterocycles. The SMILES string of the molecule is Cc1ccc(NC(=O)NC(=O)COC(=O)c2ccccc2C(=O)c2cccs2)c(C)c1. The van der Waals surface area contributed by atoms with Gasteiger partial charge in [-0.05, 0) is 43.0 Å². The summed E-state index contributed by atoms with van der Waals surface area (Å²) in [7, 11) is 0. The van der Waals surface area contributed by atoms with E-state index in [1.165, 1.54) is 23.5 Å². The second kappa shape index (κ2) is 9.82. The zero-order chi connectivity index (χ0) is 22.4. The molecule has 2 aromatic carbocycles. The minimum Gasteiger partial charge on any atom is -0.452 e. The van der Waals surface area contributed by atoms with E-state index in [2.05, 4.69) is 10.6 Å². The summed E-state index contributed by atoms with van der Waals surface area (Å²) in [5.74, 6) is -1.93. The van der Waals surface area contributed by atoms with Crippen molar-refractivity contribution in [3.63, 3.8) is 0 Å². The average molecular weight is 436 g/mol. The molecule has 0 fully saturated rings. The Bertz CT molecular complexity index is 1140. The third-order valence-electron chi connectivity index (χ3n) is 4.35. The number of benzene rings is 2. The van der Waals surface area contributed by atoms with Crippen molar-refractivity contribution >= 4 is 40.7 Å². The molecule has 0 aliphatic rings. The monoisotopic (exact) mass is 436 g/mol. The van der Waals surface area contributed by atoms with Crippen molar-refractivity contribution in [3.8, 4) is 0 Å². The van der Waals surface area contributed by atoms with E-state index in [4.69, 9.17) is 4.74 Å². The van der Waals surface area contributed by atoms with Crippen LogP contribution in [-0.2, 0) is 9.53 Å². The van der Waals surface area contributed by atoms with Crippen LogP contribution in [0.25, 0.3) is 0 Å². The number of hydrogen-bond acceptors (Lipinski definition) is 6. The first-order valence-corrected chi connectivity index (χ1v) is 10.3. The number of rotatable bonds is 6. The first-order chi connectivity index (χ1) is 14.8. The molecule has 1 aromatic heterocycles. The van der Waals surface area contributed by atoms with Crippen LogP contribution in [0.4, 0.5) is 10.5 Å². The second-order valence-corrected chi connectivity index (χ2v) is 7.70. The van der Waals surface area contributed by atoms with Crippen molar-refractivity contribution in [2.45, 2.75) is 13.8 Å². The maximum Gasteiger partial charge on any atom is 0.339 e. The summed E-state index contributed by atoms with van der Waals surface area (Å²) in [5.41, 5.74) is 2.69. The van der Waals surface area contributed by atoms with Crippen LogP contribution in [0.15, 0.2) is 60.0 Å². The highest BCUT2D eigenvalue weighted by molar-refractivity contribution is 7.12. The molecule has 3 rings (SSSR count). The molecular formula is C23H20N2O5S. The van der Waals surface area contributed by atoms with Gasteiger partial charge in [0.2, 0.25) is 5.78 Å². The number of aryl methyl sites for hydroxylation is 2. The summed E-state index contributed by atoms with van der Waals surface area (Å²) >= 11 is 1.26. The Labute approximate surface area is 183 Å². The lowest BCUT2D eigenvalue weighted by atomic mass is 10.0. The Morgan fingerprint density at radius 2 is 1.68 bits per heavy atom. The molecule has 0 radical (unpaired) electrons. The van der Waals surface area contributed by atoms with Crippen molar-refractivity contribution in [3.05, 3.63) is 87.1 Å². The van der Waals surface area contributed by atoms with E-state index in [0.29, 0.717) is 10.6 Å². The van der Waals surface area contributed by atoms with Gasteiger partial charge in [-0.3, -0.25) is 14.9 Å². The summed E-state index contributed by atoms with van der Waals surface area (Å²) in [6.45, 7) is 3.10. The fourth-order valence-corrected chi connectivity index (χ4v) is 3.56. The molecule has 158 valence electrons. The molecule has 0 aliphatic carbocycles. The van der Waals surface area contributed by atoms with E-state index >= 15 is 0 Å². The summed E-state index contributed by atoms with van der Waals surface area (Å²) in [6.07, 6.45) is 0. The molecule has 0 spiro atoms. The Balaban J connectivity index is 1.58. The lowest BCUT2D eigenvalue weighted by molar-refractivity contribution is -0.123. The van der Waals surface area contributed by atoms with Crippen LogP contribution in [0.5, 0.6) is 0 Å². The van der Waals surface area contributed by atoms with Crippen LogP contribution in [0.1, 0.15) is 36.7 Å². The molecule has 31 heavy (non-hydrogen) atoms. The van der Waals surface area contributed by atoms with Gasteiger partial charge in [0.05, 0.1) is 10.4 Å². The maximum atomic E-state index is 12.6. The van der Waals surface area contributed by atoms with Crippen LogP contribution in [0.3, 0.4) is 0 Å². The number of hydrogen-bond donors (Lipinski definition) is 2. The van der Waals surface area contributed by atoms with E-state index in [-0.39, 0.29) is 16.9 Å². The number of amides is 3. The molecule has 8 heteroatoms. The number of ketones is 1. The van der Waals surface area contributed by atoms with E-state index < -0.39 is 24.5 Å². The first-order valence-electron chi connectivity index (χ1n) is 9.37. The molecule has 0 unspecified atom stereocenters. The Morgan fingerprint density at radius 1 is 0.935 bits per heavy atom. The van der Waals surface area contributed by atoms with Gasteiger partial charge >= 0.3 is 12.0 Å². The molecule has 0 atom stereocenters. The van der Waals surface area contributed by atoms with Gasteiger partial charge in [0.1, 0.15) is 0 Å². The summed E-state index contributed by atoms with van der Waals surface area (Å²) in [5, 5.41) is 6.44. The number of anilines is 1. The van der Waals surface area contributed by atoms with Gasteiger partial charge < -0.3 is 10.1 Å². The first kappa shape index (κ1) is 21.9. The number of ether oxygens (including phenoxy) is 1. The molecule has 3 aromatic rings. The fraction of sp³-hybridized carbons (Fsp3) is 0.130. The van der Waals surface area contributed by atoms with Gasteiger partial charge in [0, 0.05) is 11.3 Å². The van der Waals surface area contributed by atoms with Crippen molar-refractivity contribution in [2.24, 2.45) is 0 Å². The van der Waals surface area contributed by atoms with E-state index in [1.54, 1.807) is 35.7 Å². The van der Waals surface area contributed by atoms with Gasteiger partial charge in [-0.1, -0.05) is 42.0 Å². The highest BCUT2D eigenvalue weighted by atomic mass is 32.1. The molecular weight excluding hydrogens is 416 g/mol. The Hall–Kier alpha value is -3.78. The number of thiophene rings is 1. The molecule has 0 bridgehead atoms. The van der Waals surface area contributed by atoms with Crippen molar-refractivity contribution < 1.29 is 23.9 Å². The second-order valence-electron chi connectivity index (χ2n) is 6.75. The molecule has 0 saturated heterocycles. The van der Waals surface area contributed by atoms with Gasteiger partial charge in [0.25, 0.3) is 5.91 Å². The van der Waals surface area contributed by atoms with Crippen LogP contribution >= 0.6 is 11.3 Å². The van der Waals surface area contributed by atoms with Gasteiger partial charge in [0.15, 0.2) is 6.61 Å². The highest BCUT2D eigenvalue weighted by Crippen LogP contribution is 2.19. The van der Waals surface area contributed by atoms with E-state index in [1.807, 2.05) is 26.0 Å². The van der Waals surface area contributed by atoms with Crippen molar-refractivity contribution in [1.29, 1.82) is 0 Å². The van der Waals surface area contributed by atoms with E-state index in [9.17, 15) is 19.2 Å². The van der Waals surface area contributed by atoms with Crippen LogP contribution in [0.2, 0.25) is 0 Å². The van der Waals surface area contributed by atoms with Crippen molar-refractivity contribution in [2.75, 3.05) is 11.9 Å². The number of nitrogens with one attached hydrogen (secondary N) is 2. The van der Waals surface area contributed by atoms with Gasteiger partial charge in [-0.25, -0.2) is 9.59 Å². The summed E-state index contributed by atoms with van der Waals surface area (Å²) < 4.78 is 5.01. The van der Waals surface area contributed by atoms with Crippen molar-refractivity contribution in [1.82, 2.24) is 5.32 Å². The number of urea groups is 1. The predicted octanol–water partition coefficient (Wildman–Crippen LogP) is 4.10. The number of imide groups is 1. The summed E-state index contributed by atoms with van der Waals surface area (Å²) in [6, 6.07) is 14.3. The topological polar surface area (TPSA) is 102 Å². The molecule has 3 amide bonds. The zero-order valence-electron chi connectivity index (χ0n) is 16.9. The summed E-state index contributed by atoms with van der Waals surface area (Å²) in [4.78, 5) is 49.6. The van der Waals surface area contributed by atoms with E-state index in [0.717, 1.165) is 11.1 Å². The highest BCUT2D eigenvalue weighted by Gasteiger charge is 2.20.